The maximum absolute atomic E-state index is 12.6. The summed E-state index contributed by atoms with van der Waals surface area (Å²) in [5.74, 6) is 1.02. The number of benzene rings is 2. The van der Waals surface area contributed by atoms with E-state index in [1.807, 2.05) is 32.0 Å². The largest absolute Gasteiger partial charge is 0.493 e. The van der Waals surface area contributed by atoms with E-state index in [-0.39, 0.29) is 12.5 Å². The minimum Gasteiger partial charge on any atom is -0.493 e. The molecule has 1 unspecified atom stereocenters. The average Bonchev–Trinajstić information content (AvgIpc) is 2.62. The summed E-state index contributed by atoms with van der Waals surface area (Å²) >= 11 is 0. The second kappa shape index (κ2) is 8.03. The number of carbonyl (C=O) groups is 1. The van der Waals surface area contributed by atoms with E-state index in [0.29, 0.717) is 22.6 Å². The summed E-state index contributed by atoms with van der Waals surface area (Å²) in [4.78, 5) is 14.1. The van der Waals surface area contributed by atoms with Crippen LogP contribution in [0.1, 0.15) is 33.2 Å². The smallest absolute Gasteiger partial charge is 0.253 e. The van der Waals surface area contributed by atoms with Crippen molar-refractivity contribution in [3.05, 3.63) is 58.7 Å². The predicted molar refractivity (Wildman–Crippen MR) is 97.4 cm³/mol. The molecule has 1 atom stereocenters. The summed E-state index contributed by atoms with van der Waals surface area (Å²) in [5, 5.41) is 10.5. The number of hydrogen-bond acceptors (Lipinski definition) is 4. The Morgan fingerprint density at radius 1 is 1.04 bits per heavy atom. The predicted octanol–water partition coefficient (Wildman–Crippen LogP) is 3.13. The van der Waals surface area contributed by atoms with Crippen molar-refractivity contribution in [2.24, 2.45) is 0 Å². The lowest BCUT2D eigenvalue weighted by molar-refractivity contribution is 0.0680. The second-order valence-electron chi connectivity index (χ2n) is 6.11. The molecule has 2 aromatic carbocycles. The highest BCUT2D eigenvalue weighted by molar-refractivity contribution is 5.94. The molecule has 0 aliphatic heterocycles. The van der Waals surface area contributed by atoms with Gasteiger partial charge in [-0.3, -0.25) is 4.79 Å². The molecule has 5 nitrogen and oxygen atoms in total. The molecule has 0 fully saturated rings. The fraction of sp³-hybridized carbons (Fsp3) is 0.350. The lowest BCUT2D eigenvalue weighted by Crippen LogP contribution is -2.31. The molecule has 0 bridgehead atoms. The fourth-order valence-corrected chi connectivity index (χ4v) is 2.60. The van der Waals surface area contributed by atoms with Crippen LogP contribution in [0, 0.1) is 13.8 Å². The van der Waals surface area contributed by atoms with Crippen LogP contribution in [0.25, 0.3) is 0 Å². The number of aliphatic hydroxyl groups excluding tert-OH is 1. The molecule has 5 heteroatoms. The highest BCUT2D eigenvalue weighted by Crippen LogP contribution is 2.30. The van der Waals surface area contributed by atoms with E-state index in [1.165, 1.54) is 4.90 Å². The summed E-state index contributed by atoms with van der Waals surface area (Å²) in [6.45, 7) is 4.17. The van der Waals surface area contributed by atoms with E-state index in [1.54, 1.807) is 39.5 Å². The standard InChI is InChI=1S/C20H25NO4/c1-13-6-7-16(10-14(13)2)20(23)21(3)12-17(22)15-8-9-18(24-4)19(11-15)25-5/h6-11,17,22H,12H2,1-5H3. The molecule has 2 aromatic rings. The Balaban J connectivity index is 2.12. The third-order valence-corrected chi connectivity index (χ3v) is 4.34. The zero-order chi connectivity index (χ0) is 18.6. The van der Waals surface area contributed by atoms with Gasteiger partial charge >= 0.3 is 0 Å². The topological polar surface area (TPSA) is 59.0 Å². The number of likely N-dealkylation sites (N-methyl/N-ethyl adjacent to an activating group) is 1. The van der Waals surface area contributed by atoms with Gasteiger partial charge in [-0.25, -0.2) is 0 Å². The molecule has 0 radical (unpaired) electrons. The Morgan fingerprint density at radius 3 is 2.32 bits per heavy atom. The zero-order valence-corrected chi connectivity index (χ0v) is 15.4. The molecule has 0 aliphatic rings. The highest BCUT2D eigenvalue weighted by atomic mass is 16.5. The molecule has 25 heavy (non-hydrogen) atoms. The van der Waals surface area contributed by atoms with E-state index in [0.717, 1.165) is 11.1 Å². The summed E-state index contributed by atoms with van der Waals surface area (Å²) in [7, 11) is 4.79. The lowest BCUT2D eigenvalue weighted by Gasteiger charge is -2.22. The molecule has 0 saturated carbocycles. The van der Waals surface area contributed by atoms with Crippen LogP contribution in [0.4, 0.5) is 0 Å². The molecule has 0 heterocycles. The van der Waals surface area contributed by atoms with Crippen molar-refractivity contribution < 1.29 is 19.4 Å². The SMILES string of the molecule is COc1ccc(C(O)CN(C)C(=O)c2ccc(C)c(C)c2)cc1OC. The van der Waals surface area contributed by atoms with Gasteiger partial charge < -0.3 is 19.5 Å². The first-order chi connectivity index (χ1) is 11.9. The van der Waals surface area contributed by atoms with Crippen LogP contribution >= 0.6 is 0 Å². The lowest BCUT2D eigenvalue weighted by atomic mass is 10.0. The van der Waals surface area contributed by atoms with Crippen molar-refractivity contribution in [1.29, 1.82) is 0 Å². The van der Waals surface area contributed by atoms with Crippen LogP contribution in [0.15, 0.2) is 36.4 Å². The van der Waals surface area contributed by atoms with Crippen molar-refractivity contribution in [3.8, 4) is 11.5 Å². The molecule has 0 spiro atoms. The van der Waals surface area contributed by atoms with Gasteiger partial charge in [0, 0.05) is 12.6 Å². The normalized spacial score (nSPS) is 11.8. The number of aliphatic hydroxyl groups is 1. The van der Waals surface area contributed by atoms with Crippen molar-refractivity contribution in [3.63, 3.8) is 0 Å². The summed E-state index contributed by atoms with van der Waals surface area (Å²) in [6, 6.07) is 10.8. The average molecular weight is 343 g/mol. The van der Waals surface area contributed by atoms with Crippen LogP contribution in [-0.4, -0.2) is 43.7 Å². The van der Waals surface area contributed by atoms with E-state index in [9.17, 15) is 9.90 Å². The van der Waals surface area contributed by atoms with Gasteiger partial charge in [0.2, 0.25) is 0 Å². The maximum atomic E-state index is 12.6. The third kappa shape index (κ3) is 4.31. The molecule has 0 aromatic heterocycles. The molecule has 0 saturated heterocycles. The fourth-order valence-electron chi connectivity index (χ4n) is 2.60. The molecule has 1 amide bonds. The van der Waals surface area contributed by atoms with Crippen LogP contribution in [0.2, 0.25) is 0 Å². The quantitative estimate of drug-likeness (QED) is 0.875. The number of amides is 1. The van der Waals surface area contributed by atoms with Gasteiger partial charge in [-0.2, -0.15) is 0 Å². The van der Waals surface area contributed by atoms with Gasteiger partial charge in [0.1, 0.15) is 0 Å². The Hall–Kier alpha value is -2.53. The van der Waals surface area contributed by atoms with E-state index < -0.39 is 6.10 Å². The second-order valence-corrected chi connectivity index (χ2v) is 6.11. The number of hydrogen-bond donors (Lipinski definition) is 1. The molecule has 2 rings (SSSR count). The van der Waals surface area contributed by atoms with Crippen LogP contribution in [-0.2, 0) is 0 Å². The van der Waals surface area contributed by atoms with Crippen molar-refractivity contribution in [2.45, 2.75) is 20.0 Å². The number of ether oxygens (including phenoxy) is 2. The van der Waals surface area contributed by atoms with Crippen molar-refractivity contribution >= 4 is 5.91 Å². The number of aryl methyl sites for hydroxylation is 2. The van der Waals surface area contributed by atoms with Crippen LogP contribution in [0.3, 0.4) is 0 Å². The molecular formula is C20H25NO4. The summed E-state index contributed by atoms with van der Waals surface area (Å²) in [6.07, 6.45) is -0.819. The van der Waals surface area contributed by atoms with Crippen LogP contribution in [0.5, 0.6) is 11.5 Å². The molecular weight excluding hydrogens is 318 g/mol. The number of nitrogens with zero attached hydrogens (tertiary/aromatic N) is 1. The number of rotatable bonds is 6. The first kappa shape index (κ1) is 18.8. The maximum Gasteiger partial charge on any atom is 0.253 e. The van der Waals surface area contributed by atoms with Gasteiger partial charge in [-0.05, 0) is 54.8 Å². The van der Waals surface area contributed by atoms with Crippen LogP contribution < -0.4 is 9.47 Å². The minimum absolute atomic E-state index is 0.123. The van der Waals surface area contributed by atoms with E-state index in [2.05, 4.69) is 0 Å². The number of carbonyl (C=O) groups excluding carboxylic acids is 1. The third-order valence-electron chi connectivity index (χ3n) is 4.34. The van der Waals surface area contributed by atoms with Gasteiger partial charge in [0.15, 0.2) is 11.5 Å². The summed E-state index contributed by atoms with van der Waals surface area (Å²) in [5.41, 5.74) is 3.49. The monoisotopic (exact) mass is 343 g/mol. The van der Waals surface area contributed by atoms with Crippen molar-refractivity contribution in [2.75, 3.05) is 27.8 Å². The highest BCUT2D eigenvalue weighted by Gasteiger charge is 2.18. The van der Waals surface area contributed by atoms with Gasteiger partial charge in [-0.15, -0.1) is 0 Å². The number of methoxy groups -OCH3 is 2. The molecule has 1 N–H and O–H groups in total. The Morgan fingerprint density at radius 2 is 1.72 bits per heavy atom. The minimum atomic E-state index is -0.819. The first-order valence-corrected chi connectivity index (χ1v) is 8.10. The molecule has 134 valence electrons. The van der Waals surface area contributed by atoms with E-state index in [4.69, 9.17) is 9.47 Å². The van der Waals surface area contributed by atoms with Crippen molar-refractivity contribution in [1.82, 2.24) is 4.90 Å². The Kier molecular flexibility index (Phi) is 6.04. The summed E-state index contributed by atoms with van der Waals surface area (Å²) < 4.78 is 10.5. The van der Waals surface area contributed by atoms with Gasteiger partial charge in [0.25, 0.3) is 5.91 Å². The first-order valence-electron chi connectivity index (χ1n) is 8.10. The van der Waals surface area contributed by atoms with Gasteiger partial charge in [0.05, 0.1) is 26.9 Å². The zero-order valence-electron chi connectivity index (χ0n) is 15.4. The Labute approximate surface area is 148 Å². The molecule has 0 aliphatic carbocycles. The Bertz CT molecular complexity index is 757. The van der Waals surface area contributed by atoms with Gasteiger partial charge in [-0.1, -0.05) is 12.1 Å². The van der Waals surface area contributed by atoms with E-state index >= 15 is 0 Å².